The topological polar surface area (TPSA) is 71.2 Å². The fraction of sp³-hybridized carbons (Fsp3) is 0.308. The van der Waals surface area contributed by atoms with Gasteiger partial charge in [-0.2, -0.15) is 0 Å². The first-order chi connectivity index (χ1) is 8.24. The van der Waals surface area contributed by atoms with Gasteiger partial charge in [-0.1, -0.05) is 6.07 Å². The first-order valence-corrected chi connectivity index (χ1v) is 5.71. The largest absolute Gasteiger partial charge is 0.506 e. The van der Waals surface area contributed by atoms with Crippen molar-refractivity contribution in [1.29, 1.82) is 0 Å². The highest BCUT2D eigenvalue weighted by atomic mass is 16.3. The van der Waals surface area contributed by atoms with Gasteiger partial charge in [-0.15, -0.1) is 0 Å². The molecule has 0 amide bonds. The van der Waals surface area contributed by atoms with Crippen molar-refractivity contribution in [2.75, 3.05) is 13.1 Å². The van der Waals surface area contributed by atoms with Crippen LogP contribution in [0.5, 0.6) is 5.75 Å². The van der Waals surface area contributed by atoms with E-state index in [4.69, 9.17) is 5.73 Å². The van der Waals surface area contributed by atoms with Gasteiger partial charge in [0, 0.05) is 31.2 Å². The van der Waals surface area contributed by atoms with Crippen LogP contribution in [0.25, 0.3) is 10.9 Å². The number of nitrogens with two attached hydrogens (primary N) is 1. The van der Waals surface area contributed by atoms with E-state index in [-0.39, 0.29) is 5.75 Å². The number of aromatic nitrogens is 1. The molecule has 1 heterocycles. The van der Waals surface area contributed by atoms with Gasteiger partial charge in [-0.3, -0.25) is 4.98 Å². The number of hydrogen-bond donors (Lipinski definition) is 3. The van der Waals surface area contributed by atoms with Crippen molar-refractivity contribution in [3.63, 3.8) is 0 Å². The summed E-state index contributed by atoms with van der Waals surface area (Å²) in [6.07, 6.45) is 1.69. The number of fused-ring (bicyclic) bond motifs is 1. The number of aromatic hydroxyl groups is 1. The molecule has 0 aliphatic heterocycles. The van der Waals surface area contributed by atoms with E-state index >= 15 is 0 Å². The van der Waals surface area contributed by atoms with Crippen LogP contribution in [-0.2, 0) is 6.54 Å². The molecule has 0 atom stereocenters. The number of pyridine rings is 1. The van der Waals surface area contributed by atoms with Gasteiger partial charge in [0.05, 0.1) is 0 Å². The lowest BCUT2D eigenvalue weighted by atomic mass is 10.0. The SMILES string of the molecule is Cc1cc(O)c2ncccc2c1CNCCN. The third-order valence-corrected chi connectivity index (χ3v) is 2.83. The molecular formula is C13H17N3O. The lowest BCUT2D eigenvalue weighted by Crippen LogP contribution is -2.22. The number of phenols is 1. The third-order valence-electron chi connectivity index (χ3n) is 2.83. The minimum atomic E-state index is 0.237. The second kappa shape index (κ2) is 5.12. The molecule has 0 saturated carbocycles. The van der Waals surface area contributed by atoms with E-state index in [1.807, 2.05) is 19.1 Å². The van der Waals surface area contributed by atoms with Crippen LogP contribution >= 0.6 is 0 Å². The minimum absolute atomic E-state index is 0.237. The molecule has 0 radical (unpaired) electrons. The lowest BCUT2D eigenvalue weighted by Gasteiger charge is -2.11. The molecule has 2 rings (SSSR count). The summed E-state index contributed by atoms with van der Waals surface area (Å²) in [6, 6.07) is 5.62. The van der Waals surface area contributed by atoms with Crippen molar-refractivity contribution in [2.45, 2.75) is 13.5 Å². The van der Waals surface area contributed by atoms with Gasteiger partial charge in [-0.05, 0) is 30.2 Å². The van der Waals surface area contributed by atoms with Crippen LogP contribution in [-0.4, -0.2) is 23.2 Å². The molecule has 0 saturated heterocycles. The molecule has 0 aliphatic rings. The normalized spacial score (nSPS) is 10.9. The Kier molecular flexibility index (Phi) is 3.56. The highest BCUT2D eigenvalue weighted by Crippen LogP contribution is 2.28. The average Bonchev–Trinajstić information content (AvgIpc) is 2.33. The second-order valence-electron chi connectivity index (χ2n) is 4.06. The van der Waals surface area contributed by atoms with E-state index in [2.05, 4.69) is 10.3 Å². The van der Waals surface area contributed by atoms with E-state index in [9.17, 15) is 5.11 Å². The summed E-state index contributed by atoms with van der Waals surface area (Å²) in [7, 11) is 0. The Morgan fingerprint density at radius 1 is 1.47 bits per heavy atom. The molecule has 90 valence electrons. The Morgan fingerprint density at radius 2 is 2.29 bits per heavy atom. The zero-order chi connectivity index (χ0) is 12.3. The van der Waals surface area contributed by atoms with Gasteiger partial charge >= 0.3 is 0 Å². The predicted octanol–water partition coefficient (Wildman–Crippen LogP) is 1.30. The number of hydrogen-bond acceptors (Lipinski definition) is 4. The number of aryl methyl sites for hydroxylation is 1. The molecule has 4 N–H and O–H groups in total. The average molecular weight is 231 g/mol. The Balaban J connectivity index is 2.46. The van der Waals surface area contributed by atoms with E-state index in [0.29, 0.717) is 12.1 Å². The van der Waals surface area contributed by atoms with Gasteiger partial charge < -0.3 is 16.2 Å². The maximum absolute atomic E-state index is 9.85. The van der Waals surface area contributed by atoms with Gasteiger partial charge in [0.2, 0.25) is 0 Å². The summed E-state index contributed by atoms with van der Waals surface area (Å²) in [5.74, 6) is 0.237. The monoisotopic (exact) mass is 231 g/mol. The molecule has 2 aromatic rings. The zero-order valence-corrected chi connectivity index (χ0v) is 9.90. The summed E-state index contributed by atoms with van der Waals surface area (Å²) in [5, 5.41) is 14.1. The summed E-state index contributed by atoms with van der Waals surface area (Å²) in [6.45, 7) is 4.13. The second-order valence-corrected chi connectivity index (χ2v) is 4.06. The third kappa shape index (κ3) is 2.38. The Bertz CT molecular complexity index is 525. The molecule has 1 aromatic heterocycles. The Labute approximate surface area is 100 Å². The molecule has 0 unspecified atom stereocenters. The van der Waals surface area contributed by atoms with Gasteiger partial charge in [-0.25, -0.2) is 0 Å². The number of phenolic OH excluding ortho intramolecular Hbond substituents is 1. The van der Waals surface area contributed by atoms with Crippen molar-refractivity contribution < 1.29 is 5.11 Å². The standard InChI is InChI=1S/C13H17N3O/c1-9-7-12(17)13-10(3-2-5-16-13)11(9)8-15-6-4-14/h2-3,5,7,15,17H,4,6,8,14H2,1H3. The molecule has 0 fully saturated rings. The smallest absolute Gasteiger partial charge is 0.142 e. The minimum Gasteiger partial charge on any atom is -0.506 e. The maximum atomic E-state index is 9.85. The van der Waals surface area contributed by atoms with Crippen molar-refractivity contribution in [2.24, 2.45) is 5.73 Å². The fourth-order valence-corrected chi connectivity index (χ4v) is 1.98. The van der Waals surface area contributed by atoms with Crippen LogP contribution in [0, 0.1) is 6.92 Å². The van der Waals surface area contributed by atoms with Crippen molar-refractivity contribution >= 4 is 10.9 Å². The molecule has 0 spiro atoms. The van der Waals surface area contributed by atoms with Gasteiger partial charge in [0.15, 0.2) is 0 Å². The van der Waals surface area contributed by atoms with Gasteiger partial charge in [0.1, 0.15) is 11.3 Å². The molecule has 4 heteroatoms. The summed E-state index contributed by atoms with van der Waals surface area (Å²) in [5.41, 5.74) is 8.34. The van der Waals surface area contributed by atoms with E-state index in [1.54, 1.807) is 12.3 Å². The first-order valence-electron chi connectivity index (χ1n) is 5.71. The van der Waals surface area contributed by atoms with Crippen LogP contribution in [0.15, 0.2) is 24.4 Å². The van der Waals surface area contributed by atoms with Crippen LogP contribution in [0.4, 0.5) is 0 Å². The maximum Gasteiger partial charge on any atom is 0.142 e. The molecular weight excluding hydrogens is 214 g/mol. The Morgan fingerprint density at radius 3 is 3.06 bits per heavy atom. The zero-order valence-electron chi connectivity index (χ0n) is 9.90. The van der Waals surface area contributed by atoms with Gasteiger partial charge in [0.25, 0.3) is 0 Å². The number of nitrogens with zero attached hydrogens (tertiary/aromatic N) is 1. The highest BCUT2D eigenvalue weighted by Gasteiger charge is 2.09. The summed E-state index contributed by atoms with van der Waals surface area (Å²) < 4.78 is 0. The Hall–Kier alpha value is -1.65. The van der Waals surface area contributed by atoms with Crippen molar-refractivity contribution in [1.82, 2.24) is 10.3 Å². The molecule has 0 bridgehead atoms. The van der Waals surface area contributed by atoms with E-state index < -0.39 is 0 Å². The predicted molar refractivity (Wildman–Crippen MR) is 68.9 cm³/mol. The number of rotatable bonds is 4. The first kappa shape index (κ1) is 11.8. The fourth-order valence-electron chi connectivity index (χ4n) is 1.98. The van der Waals surface area contributed by atoms with Crippen molar-refractivity contribution in [3.05, 3.63) is 35.5 Å². The molecule has 0 aliphatic carbocycles. The van der Waals surface area contributed by atoms with Crippen LogP contribution < -0.4 is 11.1 Å². The highest BCUT2D eigenvalue weighted by molar-refractivity contribution is 5.88. The summed E-state index contributed by atoms with van der Waals surface area (Å²) in [4.78, 5) is 4.21. The molecule has 1 aromatic carbocycles. The number of nitrogens with one attached hydrogen (secondary N) is 1. The van der Waals surface area contributed by atoms with E-state index in [0.717, 1.165) is 24.0 Å². The quantitative estimate of drug-likeness (QED) is 0.694. The van der Waals surface area contributed by atoms with Crippen LogP contribution in [0.3, 0.4) is 0 Å². The van der Waals surface area contributed by atoms with Crippen molar-refractivity contribution in [3.8, 4) is 5.75 Å². The van der Waals surface area contributed by atoms with E-state index in [1.165, 1.54) is 5.56 Å². The molecule has 17 heavy (non-hydrogen) atoms. The molecule has 4 nitrogen and oxygen atoms in total. The number of benzene rings is 1. The van der Waals surface area contributed by atoms with Crippen LogP contribution in [0.1, 0.15) is 11.1 Å². The lowest BCUT2D eigenvalue weighted by molar-refractivity contribution is 0.479. The summed E-state index contributed by atoms with van der Waals surface area (Å²) >= 11 is 0. The van der Waals surface area contributed by atoms with Crippen LogP contribution in [0.2, 0.25) is 0 Å².